The summed E-state index contributed by atoms with van der Waals surface area (Å²) in [6.45, 7) is 0. The number of halogens is 2. The van der Waals surface area contributed by atoms with Crippen molar-refractivity contribution in [3.05, 3.63) is 17.0 Å². The summed E-state index contributed by atoms with van der Waals surface area (Å²) in [7, 11) is 0. The summed E-state index contributed by atoms with van der Waals surface area (Å²) in [5.74, 6) is 0.343. The molecule has 4 heteroatoms. The van der Waals surface area contributed by atoms with Gasteiger partial charge in [-0.15, -0.1) is 11.6 Å². The van der Waals surface area contributed by atoms with Crippen LogP contribution in [0.4, 0.5) is 0 Å². The Morgan fingerprint density at radius 3 is 2.75 bits per heavy atom. The summed E-state index contributed by atoms with van der Waals surface area (Å²) in [5.41, 5.74) is 0.664. The monoisotopic (exact) mass is 151 g/mol. The van der Waals surface area contributed by atoms with Gasteiger partial charge in [-0.1, -0.05) is 5.16 Å². The zero-order valence-corrected chi connectivity index (χ0v) is 5.41. The van der Waals surface area contributed by atoms with E-state index in [0.29, 0.717) is 11.6 Å². The van der Waals surface area contributed by atoms with Gasteiger partial charge in [0.2, 0.25) is 5.22 Å². The smallest absolute Gasteiger partial charge is 0.226 e. The zero-order valence-electron chi connectivity index (χ0n) is 3.90. The topological polar surface area (TPSA) is 26.0 Å². The SMILES string of the molecule is ClCc1cc(Cl)on1. The van der Waals surface area contributed by atoms with Crippen LogP contribution in [-0.4, -0.2) is 5.16 Å². The van der Waals surface area contributed by atoms with Gasteiger partial charge in [-0.2, -0.15) is 0 Å². The minimum Gasteiger partial charge on any atom is -0.344 e. The maximum absolute atomic E-state index is 5.36. The lowest BCUT2D eigenvalue weighted by atomic mass is 10.5. The summed E-state index contributed by atoms with van der Waals surface area (Å²) in [4.78, 5) is 0. The largest absolute Gasteiger partial charge is 0.344 e. The first-order valence-electron chi connectivity index (χ1n) is 2.00. The van der Waals surface area contributed by atoms with Crippen molar-refractivity contribution in [1.82, 2.24) is 5.16 Å². The second-order valence-electron chi connectivity index (χ2n) is 1.26. The van der Waals surface area contributed by atoms with Gasteiger partial charge in [-0.05, 0) is 11.6 Å². The van der Waals surface area contributed by atoms with Gasteiger partial charge >= 0.3 is 0 Å². The molecule has 0 aliphatic carbocycles. The first-order chi connectivity index (χ1) is 3.83. The Morgan fingerprint density at radius 2 is 2.50 bits per heavy atom. The van der Waals surface area contributed by atoms with E-state index in [2.05, 4.69) is 9.68 Å². The highest BCUT2D eigenvalue weighted by Crippen LogP contribution is 2.10. The quantitative estimate of drug-likeness (QED) is 0.575. The Kier molecular flexibility index (Phi) is 1.76. The number of nitrogens with zero attached hydrogens (tertiary/aromatic N) is 1. The predicted molar refractivity (Wildman–Crippen MR) is 31.1 cm³/mol. The molecule has 0 N–H and O–H groups in total. The average molecular weight is 152 g/mol. The molecule has 0 saturated heterocycles. The lowest BCUT2D eigenvalue weighted by molar-refractivity contribution is 0.416. The molecule has 8 heavy (non-hydrogen) atoms. The molecule has 0 aliphatic heterocycles. The van der Waals surface area contributed by atoms with E-state index in [9.17, 15) is 0 Å². The van der Waals surface area contributed by atoms with Crippen LogP contribution < -0.4 is 0 Å². The van der Waals surface area contributed by atoms with Crippen molar-refractivity contribution in [2.45, 2.75) is 5.88 Å². The molecule has 0 fully saturated rings. The molecule has 2 nitrogen and oxygen atoms in total. The highest BCUT2D eigenvalue weighted by Gasteiger charge is 1.96. The minimum absolute atomic E-state index is 0.278. The van der Waals surface area contributed by atoms with Crippen LogP contribution in [0.15, 0.2) is 10.6 Å². The lowest BCUT2D eigenvalue weighted by Gasteiger charge is -1.72. The predicted octanol–water partition coefficient (Wildman–Crippen LogP) is 2.07. The van der Waals surface area contributed by atoms with Crippen molar-refractivity contribution in [2.75, 3.05) is 0 Å². The number of hydrogen-bond donors (Lipinski definition) is 0. The van der Waals surface area contributed by atoms with E-state index in [1.165, 1.54) is 0 Å². The first kappa shape index (κ1) is 5.92. The van der Waals surface area contributed by atoms with Crippen molar-refractivity contribution in [2.24, 2.45) is 0 Å². The van der Waals surface area contributed by atoms with E-state index < -0.39 is 0 Å². The van der Waals surface area contributed by atoms with E-state index >= 15 is 0 Å². The van der Waals surface area contributed by atoms with E-state index in [0.717, 1.165) is 0 Å². The third-order valence-electron chi connectivity index (χ3n) is 0.667. The summed E-state index contributed by atoms with van der Waals surface area (Å²) >= 11 is 10.7. The Bertz CT molecular complexity index is 174. The average Bonchev–Trinajstić information content (AvgIpc) is 2.14. The zero-order chi connectivity index (χ0) is 5.98. The van der Waals surface area contributed by atoms with E-state index in [1.807, 2.05) is 0 Å². The molecule has 0 saturated carbocycles. The number of hydrogen-bond acceptors (Lipinski definition) is 2. The highest BCUT2D eigenvalue weighted by atomic mass is 35.5. The normalized spacial score (nSPS) is 9.75. The van der Waals surface area contributed by atoms with Crippen molar-refractivity contribution in [3.63, 3.8) is 0 Å². The van der Waals surface area contributed by atoms with Crippen LogP contribution in [0, 0.1) is 0 Å². The van der Waals surface area contributed by atoms with Crippen LogP contribution in [0.3, 0.4) is 0 Å². The second-order valence-corrected chi connectivity index (χ2v) is 1.90. The van der Waals surface area contributed by atoms with Gasteiger partial charge < -0.3 is 4.52 Å². The number of aromatic nitrogens is 1. The molecule has 0 bridgehead atoms. The standard InChI is InChI=1S/C4H3Cl2NO/c5-2-3-1-4(6)8-7-3/h1H,2H2. The Labute approximate surface area is 56.4 Å². The molecule has 1 aromatic heterocycles. The van der Waals surface area contributed by atoms with E-state index in [4.69, 9.17) is 23.2 Å². The molecule has 0 spiro atoms. The summed E-state index contributed by atoms with van der Waals surface area (Å²) < 4.78 is 4.49. The number of rotatable bonds is 1. The van der Waals surface area contributed by atoms with E-state index in [-0.39, 0.29) is 5.22 Å². The van der Waals surface area contributed by atoms with Gasteiger partial charge in [0.15, 0.2) is 0 Å². The first-order valence-corrected chi connectivity index (χ1v) is 2.91. The number of alkyl halides is 1. The second kappa shape index (κ2) is 2.37. The van der Waals surface area contributed by atoms with Gasteiger partial charge in [0.25, 0.3) is 0 Å². The van der Waals surface area contributed by atoms with Crippen molar-refractivity contribution in [3.8, 4) is 0 Å². The maximum atomic E-state index is 5.36. The molecule has 0 unspecified atom stereocenters. The highest BCUT2D eigenvalue weighted by molar-refractivity contribution is 6.28. The van der Waals surface area contributed by atoms with Crippen LogP contribution in [-0.2, 0) is 5.88 Å². The van der Waals surface area contributed by atoms with Crippen LogP contribution >= 0.6 is 23.2 Å². The minimum atomic E-state index is 0.278. The summed E-state index contributed by atoms with van der Waals surface area (Å²) in [6.07, 6.45) is 0. The molecule has 1 aromatic rings. The molecule has 0 atom stereocenters. The molecule has 0 aromatic carbocycles. The van der Waals surface area contributed by atoms with Gasteiger partial charge in [0.05, 0.1) is 11.6 Å². The van der Waals surface area contributed by atoms with Gasteiger partial charge in [-0.3, -0.25) is 0 Å². The van der Waals surface area contributed by atoms with Crippen molar-refractivity contribution in [1.29, 1.82) is 0 Å². The molecule has 1 rings (SSSR count). The third-order valence-corrected chi connectivity index (χ3v) is 1.12. The van der Waals surface area contributed by atoms with Crippen molar-refractivity contribution >= 4 is 23.2 Å². The van der Waals surface area contributed by atoms with Crippen molar-refractivity contribution < 1.29 is 4.52 Å². The third kappa shape index (κ3) is 1.14. The Morgan fingerprint density at radius 1 is 1.75 bits per heavy atom. The van der Waals surface area contributed by atoms with Crippen LogP contribution in [0.2, 0.25) is 5.22 Å². The van der Waals surface area contributed by atoms with E-state index in [1.54, 1.807) is 6.07 Å². The van der Waals surface area contributed by atoms with Crippen LogP contribution in [0.5, 0.6) is 0 Å². The molecule has 1 heterocycles. The fourth-order valence-electron chi connectivity index (χ4n) is 0.349. The molecular formula is C4H3Cl2NO. The van der Waals surface area contributed by atoms with Gasteiger partial charge in [0.1, 0.15) is 0 Å². The summed E-state index contributed by atoms with van der Waals surface area (Å²) in [6, 6.07) is 1.58. The van der Waals surface area contributed by atoms with Gasteiger partial charge in [0, 0.05) is 6.07 Å². The van der Waals surface area contributed by atoms with Crippen LogP contribution in [0.25, 0.3) is 0 Å². The molecule has 0 amide bonds. The van der Waals surface area contributed by atoms with Crippen LogP contribution in [0.1, 0.15) is 5.69 Å². The Balaban J connectivity index is 2.84. The molecule has 44 valence electrons. The Hall–Kier alpha value is -0.210. The van der Waals surface area contributed by atoms with Gasteiger partial charge in [-0.25, -0.2) is 0 Å². The summed E-state index contributed by atoms with van der Waals surface area (Å²) in [5, 5.41) is 3.77. The molecule has 0 aliphatic rings. The lowest BCUT2D eigenvalue weighted by Crippen LogP contribution is -1.70. The molecular weight excluding hydrogens is 149 g/mol. The maximum Gasteiger partial charge on any atom is 0.226 e. The fourth-order valence-corrected chi connectivity index (χ4v) is 0.635. The molecule has 0 radical (unpaired) electrons. The fraction of sp³-hybridized carbons (Fsp3) is 0.250.